The van der Waals surface area contributed by atoms with Crippen LogP contribution in [-0.4, -0.2) is 56.4 Å². The number of rotatable bonds is 8. The fourth-order valence-corrected chi connectivity index (χ4v) is 4.82. The van der Waals surface area contributed by atoms with Gasteiger partial charge in [0.15, 0.2) is 0 Å². The summed E-state index contributed by atoms with van der Waals surface area (Å²) >= 11 is 0. The number of benzene rings is 2. The minimum absolute atomic E-state index is 0.0163. The van der Waals surface area contributed by atoms with Crippen molar-refractivity contribution in [2.45, 2.75) is 46.4 Å². The zero-order chi connectivity index (χ0) is 26.5. The van der Waals surface area contributed by atoms with E-state index < -0.39 is 31.9 Å². The van der Waals surface area contributed by atoms with E-state index in [2.05, 4.69) is 5.32 Å². The van der Waals surface area contributed by atoms with Crippen LogP contribution in [-0.2, 0) is 38.5 Å². The van der Waals surface area contributed by atoms with Crippen LogP contribution in [0.3, 0.4) is 0 Å². The standard InChI is InChI=1S/C25H32N3O7P/c1-17(2)13-27(16-36(32,33)34)25(31)28-14-21-11-22(26-18(3)29)10-9-20(21)12-23(28)24(30)35-15-19-7-5-4-6-8-19/h4-11,17,23H,12-16H2,1-3H3,(H,26,29)(H2,32,33,34). The van der Waals surface area contributed by atoms with Crippen molar-refractivity contribution in [3.63, 3.8) is 0 Å². The minimum Gasteiger partial charge on any atom is -0.459 e. The summed E-state index contributed by atoms with van der Waals surface area (Å²) in [4.78, 5) is 59.8. The third-order valence-corrected chi connectivity index (χ3v) is 6.32. The van der Waals surface area contributed by atoms with Gasteiger partial charge in [0.1, 0.15) is 18.9 Å². The first kappa shape index (κ1) is 27.4. The zero-order valence-electron chi connectivity index (χ0n) is 20.6. The number of ether oxygens (including phenoxy) is 1. The molecule has 0 saturated carbocycles. The molecule has 2 aromatic rings. The first-order valence-corrected chi connectivity index (χ1v) is 13.4. The molecule has 0 aromatic heterocycles. The molecule has 11 heteroatoms. The second-order valence-corrected chi connectivity index (χ2v) is 10.9. The lowest BCUT2D eigenvalue weighted by Crippen LogP contribution is -2.54. The topological polar surface area (TPSA) is 136 Å². The van der Waals surface area contributed by atoms with E-state index in [0.717, 1.165) is 21.6 Å². The van der Waals surface area contributed by atoms with E-state index in [1.807, 2.05) is 44.2 Å². The number of carbonyl (C=O) groups is 3. The molecular formula is C25H32N3O7P. The second-order valence-electron chi connectivity index (χ2n) is 9.31. The monoisotopic (exact) mass is 517 g/mol. The molecule has 0 spiro atoms. The number of carbonyl (C=O) groups excluding carboxylic acids is 3. The third kappa shape index (κ3) is 7.65. The number of nitrogens with zero attached hydrogens (tertiary/aromatic N) is 2. The van der Waals surface area contributed by atoms with Crippen molar-refractivity contribution in [1.29, 1.82) is 0 Å². The van der Waals surface area contributed by atoms with Crippen molar-refractivity contribution in [3.8, 4) is 0 Å². The van der Waals surface area contributed by atoms with Crippen LogP contribution in [0.4, 0.5) is 10.5 Å². The number of amides is 3. The average Bonchev–Trinajstić information content (AvgIpc) is 2.80. The van der Waals surface area contributed by atoms with Gasteiger partial charge in [0.05, 0.1) is 0 Å². The van der Waals surface area contributed by atoms with Gasteiger partial charge in [-0.15, -0.1) is 0 Å². The van der Waals surface area contributed by atoms with Crippen molar-refractivity contribution in [2.75, 3.05) is 18.1 Å². The maximum Gasteiger partial charge on any atom is 0.344 e. The van der Waals surface area contributed by atoms with Crippen LogP contribution >= 0.6 is 7.60 Å². The summed E-state index contributed by atoms with van der Waals surface area (Å²) in [6.07, 6.45) is -0.592. The minimum atomic E-state index is -4.55. The van der Waals surface area contributed by atoms with Crippen molar-refractivity contribution < 1.29 is 33.5 Å². The molecule has 3 amide bonds. The Morgan fingerprint density at radius 1 is 1.14 bits per heavy atom. The van der Waals surface area contributed by atoms with Crippen molar-refractivity contribution in [1.82, 2.24) is 9.80 Å². The molecule has 1 heterocycles. The number of hydrogen-bond donors (Lipinski definition) is 3. The summed E-state index contributed by atoms with van der Waals surface area (Å²) in [5.41, 5.74) is 2.89. The molecule has 3 rings (SSSR count). The maximum absolute atomic E-state index is 13.6. The van der Waals surface area contributed by atoms with Crippen LogP contribution in [0.5, 0.6) is 0 Å². The molecule has 0 bridgehead atoms. The van der Waals surface area contributed by atoms with Crippen LogP contribution < -0.4 is 5.32 Å². The van der Waals surface area contributed by atoms with E-state index in [4.69, 9.17) is 4.74 Å². The number of urea groups is 1. The largest absolute Gasteiger partial charge is 0.459 e. The third-order valence-electron chi connectivity index (χ3n) is 5.61. The summed E-state index contributed by atoms with van der Waals surface area (Å²) in [6, 6.07) is 12.8. The van der Waals surface area contributed by atoms with Gasteiger partial charge in [-0.3, -0.25) is 9.36 Å². The van der Waals surface area contributed by atoms with Crippen molar-refractivity contribution in [3.05, 3.63) is 65.2 Å². The molecule has 1 atom stereocenters. The van der Waals surface area contributed by atoms with Crippen molar-refractivity contribution >= 4 is 31.2 Å². The summed E-state index contributed by atoms with van der Waals surface area (Å²) in [5.74, 6) is -0.914. The van der Waals surface area contributed by atoms with E-state index in [0.29, 0.717) is 5.69 Å². The van der Waals surface area contributed by atoms with Gasteiger partial charge in [0, 0.05) is 32.1 Å². The fourth-order valence-electron chi connectivity index (χ4n) is 4.14. The highest BCUT2D eigenvalue weighted by Gasteiger charge is 2.39. The van der Waals surface area contributed by atoms with E-state index >= 15 is 0 Å². The summed E-state index contributed by atoms with van der Waals surface area (Å²) in [7, 11) is -4.55. The molecule has 0 fully saturated rings. The van der Waals surface area contributed by atoms with E-state index in [9.17, 15) is 28.7 Å². The number of nitrogens with one attached hydrogen (secondary N) is 1. The summed E-state index contributed by atoms with van der Waals surface area (Å²) < 4.78 is 17.3. The summed E-state index contributed by atoms with van der Waals surface area (Å²) in [6.45, 7) is 5.20. The fraction of sp³-hybridized carbons (Fsp3) is 0.400. The molecule has 0 aliphatic carbocycles. The number of anilines is 1. The lowest BCUT2D eigenvalue weighted by atomic mass is 9.93. The zero-order valence-corrected chi connectivity index (χ0v) is 21.5. The van der Waals surface area contributed by atoms with Crippen LogP contribution in [0.2, 0.25) is 0 Å². The molecule has 1 unspecified atom stereocenters. The molecule has 36 heavy (non-hydrogen) atoms. The molecule has 0 radical (unpaired) electrons. The molecule has 2 aromatic carbocycles. The highest BCUT2D eigenvalue weighted by Crippen LogP contribution is 2.36. The van der Waals surface area contributed by atoms with Crippen molar-refractivity contribution in [2.24, 2.45) is 5.92 Å². The normalized spacial score (nSPS) is 15.3. The average molecular weight is 518 g/mol. The Morgan fingerprint density at radius 3 is 2.44 bits per heavy atom. The maximum atomic E-state index is 13.6. The van der Waals surface area contributed by atoms with E-state index in [1.54, 1.807) is 18.2 Å². The van der Waals surface area contributed by atoms with Gasteiger partial charge < -0.3 is 29.6 Å². The van der Waals surface area contributed by atoms with Crippen LogP contribution in [0.15, 0.2) is 48.5 Å². The number of hydrogen-bond acceptors (Lipinski definition) is 5. The van der Waals surface area contributed by atoms with Gasteiger partial charge in [0.2, 0.25) is 5.91 Å². The molecule has 3 N–H and O–H groups in total. The van der Waals surface area contributed by atoms with Crippen LogP contribution in [0.25, 0.3) is 0 Å². The van der Waals surface area contributed by atoms with Gasteiger partial charge in [-0.05, 0) is 34.7 Å². The molecular weight excluding hydrogens is 485 g/mol. The van der Waals surface area contributed by atoms with Gasteiger partial charge in [-0.25, -0.2) is 9.59 Å². The predicted octanol–water partition coefficient (Wildman–Crippen LogP) is 3.33. The molecule has 10 nitrogen and oxygen atoms in total. The van der Waals surface area contributed by atoms with Gasteiger partial charge in [-0.1, -0.05) is 50.2 Å². The molecule has 1 aliphatic heterocycles. The second kappa shape index (κ2) is 11.7. The Hall–Kier alpha value is -3.20. The quantitative estimate of drug-likeness (QED) is 0.361. The molecule has 194 valence electrons. The van der Waals surface area contributed by atoms with Gasteiger partial charge >= 0.3 is 19.6 Å². The Kier molecular flexibility index (Phi) is 8.89. The number of fused-ring (bicyclic) bond motifs is 1. The first-order valence-electron chi connectivity index (χ1n) is 11.6. The SMILES string of the molecule is CC(=O)Nc1ccc2c(c1)CN(C(=O)N(CC(C)C)CP(=O)(O)O)C(C(=O)OCc1ccccc1)C2. The Balaban J connectivity index is 1.92. The van der Waals surface area contributed by atoms with E-state index in [1.165, 1.54) is 11.8 Å². The highest BCUT2D eigenvalue weighted by molar-refractivity contribution is 7.51. The Labute approximate surface area is 210 Å². The lowest BCUT2D eigenvalue weighted by molar-refractivity contribution is -0.151. The first-order chi connectivity index (χ1) is 16.9. The van der Waals surface area contributed by atoms with E-state index in [-0.39, 0.29) is 37.9 Å². The molecule has 0 saturated heterocycles. The van der Waals surface area contributed by atoms with Crippen LogP contribution in [0, 0.1) is 5.92 Å². The molecule has 1 aliphatic rings. The Morgan fingerprint density at radius 2 is 1.83 bits per heavy atom. The predicted molar refractivity (Wildman–Crippen MR) is 134 cm³/mol. The smallest absolute Gasteiger partial charge is 0.344 e. The summed E-state index contributed by atoms with van der Waals surface area (Å²) in [5, 5.41) is 2.70. The number of esters is 1. The van der Waals surface area contributed by atoms with Gasteiger partial charge in [-0.2, -0.15) is 0 Å². The lowest BCUT2D eigenvalue weighted by Gasteiger charge is -2.39. The van der Waals surface area contributed by atoms with Gasteiger partial charge in [0.25, 0.3) is 0 Å². The highest BCUT2D eigenvalue weighted by atomic mass is 31.2. The van der Waals surface area contributed by atoms with Crippen LogP contribution in [0.1, 0.15) is 37.5 Å². The Bertz CT molecular complexity index is 1150.